The molecule has 2 fully saturated rings. The first-order chi connectivity index (χ1) is 21.4. The summed E-state index contributed by atoms with van der Waals surface area (Å²) in [4.78, 5) is 31.5. The van der Waals surface area contributed by atoms with Crippen LogP contribution in [0.3, 0.4) is 0 Å². The highest BCUT2D eigenvalue weighted by atomic mass is 35.5. The molecule has 2 N–H and O–H groups in total. The van der Waals surface area contributed by atoms with Gasteiger partial charge in [-0.3, -0.25) is 14.5 Å². The predicted octanol–water partition coefficient (Wildman–Crippen LogP) is 6.12. The molecule has 3 aromatic carbocycles. The molecule has 3 aromatic rings. The van der Waals surface area contributed by atoms with E-state index in [0.29, 0.717) is 36.7 Å². The topological polar surface area (TPSA) is 64.7 Å². The Hall–Kier alpha value is -3.45. The molecule has 5 rings (SSSR count). The molecule has 232 valence electrons. The van der Waals surface area contributed by atoms with Gasteiger partial charge in [0.25, 0.3) is 0 Å². The zero-order valence-electron chi connectivity index (χ0n) is 25.9. The monoisotopic (exact) mass is 612 g/mol. The number of nitrogens with zero attached hydrogens (tertiary/aromatic N) is 2. The molecule has 0 bridgehead atoms. The van der Waals surface area contributed by atoms with Gasteiger partial charge in [-0.1, -0.05) is 84.4 Å². The van der Waals surface area contributed by atoms with Crippen molar-refractivity contribution in [3.05, 3.63) is 113 Å². The summed E-state index contributed by atoms with van der Waals surface area (Å²) in [5.41, 5.74) is 3.32. The van der Waals surface area contributed by atoms with E-state index in [2.05, 4.69) is 82.8 Å². The van der Waals surface area contributed by atoms with Gasteiger partial charge in [-0.15, -0.1) is 0 Å². The van der Waals surface area contributed by atoms with Gasteiger partial charge in [0.15, 0.2) is 0 Å². The Bertz CT molecular complexity index is 1330. The van der Waals surface area contributed by atoms with Gasteiger partial charge >= 0.3 is 0 Å². The van der Waals surface area contributed by atoms with Crippen molar-refractivity contribution in [2.24, 2.45) is 0 Å². The fourth-order valence-electron chi connectivity index (χ4n) is 6.62. The van der Waals surface area contributed by atoms with Crippen molar-refractivity contribution < 1.29 is 9.59 Å². The van der Waals surface area contributed by atoms with E-state index in [9.17, 15) is 9.59 Å². The van der Waals surface area contributed by atoms with Gasteiger partial charge in [0.1, 0.15) is 0 Å². The van der Waals surface area contributed by atoms with Crippen LogP contribution >= 0.6 is 11.6 Å². The maximum absolute atomic E-state index is 14.2. The number of hydrogen-bond donors (Lipinski definition) is 2. The molecule has 6 nitrogen and oxygen atoms in total. The average molecular weight is 613 g/mol. The molecule has 4 atom stereocenters. The Morgan fingerprint density at radius 2 is 1.55 bits per heavy atom. The number of benzene rings is 3. The molecule has 2 saturated heterocycles. The minimum Gasteiger partial charge on any atom is -0.351 e. The smallest absolute Gasteiger partial charge is 0.244 e. The highest BCUT2D eigenvalue weighted by molar-refractivity contribution is 6.30. The maximum Gasteiger partial charge on any atom is 0.244 e. The first-order valence-corrected chi connectivity index (χ1v) is 16.4. The summed E-state index contributed by atoms with van der Waals surface area (Å²) in [6.07, 6.45) is 7.24. The number of carbonyl (C=O) groups excluding carboxylic acids is 2. The number of halogens is 1. The van der Waals surface area contributed by atoms with Crippen LogP contribution in [0.4, 0.5) is 0 Å². The molecule has 2 amide bonds. The SMILES string of the molecule is CC1CCC(C)N1CC[C@@H]1N[C@H](CNC(=O)/C=C/c2ccc(Cl)cc2)CCN(CC(c2ccccc2)c2ccccc2)C1=O. The highest BCUT2D eigenvalue weighted by Gasteiger charge is 2.34. The van der Waals surface area contributed by atoms with E-state index in [1.54, 1.807) is 24.3 Å². The molecule has 0 spiro atoms. The zero-order chi connectivity index (χ0) is 30.9. The summed E-state index contributed by atoms with van der Waals surface area (Å²) in [6, 6.07) is 29.1. The number of nitrogens with one attached hydrogen (secondary N) is 2. The third-order valence-electron chi connectivity index (χ3n) is 9.23. The Morgan fingerprint density at radius 1 is 0.932 bits per heavy atom. The second-order valence-corrected chi connectivity index (χ2v) is 12.7. The predicted molar refractivity (Wildman–Crippen MR) is 180 cm³/mol. The lowest BCUT2D eigenvalue weighted by molar-refractivity contribution is -0.133. The van der Waals surface area contributed by atoms with Crippen molar-refractivity contribution in [2.75, 3.05) is 26.2 Å². The van der Waals surface area contributed by atoms with Crippen LogP contribution in [0.15, 0.2) is 91.0 Å². The molecular formula is C37H45ClN4O2. The summed E-state index contributed by atoms with van der Waals surface area (Å²) in [7, 11) is 0. The van der Waals surface area contributed by atoms with E-state index >= 15 is 0 Å². The molecule has 2 unspecified atom stereocenters. The minimum atomic E-state index is -0.309. The summed E-state index contributed by atoms with van der Waals surface area (Å²) in [6.45, 7) is 7.17. The summed E-state index contributed by atoms with van der Waals surface area (Å²) >= 11 is 5.98. The third kappa shape index (κ3) is 8.59. The molecule has 2 aliphatic heterocycles. The molecule has 0 radical (unpaired) electrons. The number of amides is 2. The fourth-order valence-corrected chi connectivity index (χ4v) is 6.75. The standard InChI is InChI=1S/C37H45ClN4O2/c1-27-13-14-28(2)42(27)24-22-35-37(44)41(26-34(30-9-5-3-6-10-30)31-11-7-4-8-12-31)23-21-33(40-35)25-39-36(43)20-17-29-15-18-32(38)19-16-29/h3-12,15-20,27-28,33-35,40H,13-14,21-26H2,1-2H3,(H,39,43)/b20-17+/t27?,28?,33-,35-/m0/s1. The lowest BCUT2D eigenvalue weighted by Gasteiger charge is -2.31. The van der Waals surface area contributed by atoms with Gasteiger partial charge in [-0.25, -0.2) is 0 Å². The maximum atomic E-state index is 14.2. The van der Waals surface area contributed by atoms with Crippen LogP contribution in [0.1, 0.15) is 62.1 Å². The first kappa shape index (κ1) is 32.0. The largest absolute Gasteiger partial charge is 0.351 e. The molecule has 0 aliphatic carbocycles. The Balaban J connectivity index is 1.30. The highest BCUT2D eigenvalue weighted by Crippen LogP contribution is 2.28. The Labute approximate surface area is 267 Å². The normalized spacial score (nSPS) is 22.9. The van der Waals surface area contributed by atoms with Gasteiger partial charge < -0.3 is 15.5 Å². The molecule has 2 heterocycles. The van der Waals surface area contributed by atoms with Gasteiger partial charge in [-0.2, -0.15) is 0 Å². The summed E-state index contributed by atoms with van der Waals surface area (Å²) in [5.74, 6) is 0.0753. The molecule has 0 saturated carbocycles. The van der Waals surface area contributed by atoms with E-state index in [1.165, 1.54) is 24.0 Å². The Kier molecular flexibility index (Phi) is 11.3. The van der Waals surface area contributed by atoms with Crippen LogP contribution in [0, 0.1) is 0 Å². The molecule has 44 heavy (non-hydrogen) atoms. The minimum absolute atomic E-state index is 0.0119. The van der Waals surface area contributed by atoms with Crippen LogP contribution in [0.2, 0.25) is 5.02 Å². The Morgan fingerprint density at radius 3 is 2.16 bits per heavy atom. The van der Waals surface area contributed by atoms with E-state index in [4.69, 9.17) is 11.6 Å². The molecule has 0 aromatic heterocycles. The molecular weight excluding hydrogens is 568 g/mol. The lowest BCUT2D eigenvalue weighted by atomic mass is 9.90. The lowest BCUT2D eigenvalue weighted by Crippen LogP contribution is -2.50. The van der Waals surface area contributed by atoms with Gasteiger partial charge in [0, 0.05) is 61.3 Å². The van der Waals surface area contributed by atoms with Crippen LogP contribution < -0.4 is 10.6 Å². The quantitative estimate of drug-likeness (QED) is 0.256. The second kappa shape index (κ2) is 15.5. The van der Waals surface area contributed by atoms with E-state index < -0.39 is 0 Å². The number of likely N-dealkylation sites (tertiary alicyclic amines) is 1. The van der Waals surface area contributed by atoms with Crippen molar-refractivity contribution in [3.8, 4) is 0 Å². The van der Waals surface area contributed by atoms with Crippen LogP contribution in [0.5, 0.6) is 0 Å². The van der Waals surface area contributed by atoms with Crippen molar-refractivity contribution in [3.63, 3.8) is 0 Å². The first-order valence-electron chi connectivity index (χ1n) is 16.0. The van der Waals surface area contributed by atoms with Gasteiger partial charge in [-0.05, 0) is 74.4 Å². The van der Waals surface area contributed by atoms with Gasteiger partial charge in [0.2, 0.25) is 11.8 Å². The number of hydrogen-bond acceptors (Lipinski definition) is 4. The molecule has 7 heteroatoms. The van der Waals surface area contributed by atoms with Crippen LogP contribution in [-0.4, -0.2) is 72.0 Å². The third-order valence-corrected chi connectivity index (χ3v) is 9.48. The van der Waals surface area contributed by atoms with Crippen molar-refractivity contribution >= 4 is 29.5 Å². The van der Waals surface area contributed by atoms with E-state index in [-0.39, 0.29) is 29.8 Å². The van der Waals surface area contributed by atoms with Gasteiger partial charge in [0.05, 0.1) is 6.04 Å². The fraction of sp³-hybridized carbons (Fsp3) is 0.405. The zero-order valence-corrected chi connectivity index (χ0v) is 26.6. The second-order valence-electron chi connectivity index (χ2n) is 12.3. The summed E-state index contributed by atoms with van der Waals surface area (Å²) < 4.78 is 0. The van der Waals surface area contributed by atoms with Crippen molar-refractivity contribution in [2.45, 2.75) is 69.6 Å². The number of rotatable bonds is 11. The number of carbonyl (C=O) groups is 2. The van der Waals surface area contributed by atoms with Crippen LogP contribution in [0.25, 0.3) is 6.08 Å². The molecule has 2 aliphatic rings. The van der Waals surface area contributed by atoms with Crippen molar-refractivity contribution in [1.29, 1.82) is 0 Å². The van der Waals surface area contributed by atoms with Crippen LogP contribution in [-0.2, 0) is 9.59 Å². The summed E-state index contributed by atoms with van der Waals surface area (Å²) in [5, 5.41) is 7.39. The van der Waals surface area contributed by atoms with Crippen molar-refractivity contribution in [1.82, 2.24) is 20.4 Å². The van der Waals surface area contributed by atoms with E-state index in [0.717, 1.165) is 24.9 Å². The average Bonchev–Trinajstić information content (AvgIpc) is 3.29. The van der Waals surface area contributed by atoms with E-state index in [1.807, 2.05) is 24.3 Å².